The summed E-state index contributed by atoms with van der Waals surface area (Å²) in [6, 6.07) is 5.28. The van der Waals surface area contributed by atoms with Gasteiger partial charge in [-0.25, -0.2) is 4.98 Å². The van der Waals surface area contributed by atoms with Crippen LogP contribution >= 0.6 is 22.9 Å². The molecule has 1 N–H and O–H groups in total. The number of hydrogen-bond acceptors (Lipinski definition) is 5. The van der Waals surface area contributed by atoms with Crippen LogP contribution in [-0.2, 0) is 6.42 Å². The van der Waals surface area contributed by atoms with Crippen molar-refractivity contribution in [2.24, 2.45) is 0 Å². The summed E-state index contributed by atoms with van der Waals surface area (Å²) in [5, 5.41) is 13.9. The number of rotatable bonds is 5. The van der Waals surface area contributed by atoms with Crippen molar-refractivity contribution < 1.29 is 4.92 Å². The van der Waals surface area contributed by atoms with Crippen molar-refractivity contribution in [3.05, 3.63) is 49.3 Å². The molecule has 0 amide bonds. The standard InChI is InChI=1S/C12H12ClN3O2S/c1-8-7-15-12(6-10(8)16(17)18)14-5-4-9-2-3-11(13)19-9/h2-3,6-7H,4-5H2,1H3,(H,14,15). The van der Waals surface area contributed by atoms with E-state index in [2.05, 4.69) is 10.3 Å². The van der Waals surface area contributed by atoms with E-state index in [1.807, 2.05) is 12.1 Å². The molecule has 0 bridgehead atoms. The van der Waals surface area contributed by atoms with E-state index < -0.39 is 4.92 Å². The van der Waals surface area contributed by atoms with Crippen molar-refractivity contribution in [3.8, 4) is 0 Å². The summed E-state index contributed by atoms with van der Waals surface area (Å²) in [5.74, 6) is 0.514. The highest BCUT2D eigenvalue weighted by Crippen LogP contribution is 2.22. The SMILES string of the molecule is Cc1cnc(NCCc2ccc(Cl)s2)cc1[N+](=O)[O-]. The Morgan fingerprint density at radius 1 is 1.53 bits per heavy atom. The first-order valence-corrected chi connectivity index (χ1v) is 6.85. The molecule has 19 heavy (non-hydrogen) atoms. The molecule has 0 saturated carbocycles. The Morgan fingerprint density at radius 3 is 2.95 bits per heavy atom. The second kappa shape index (κ2) is 5.99. The maximum absolute atomic E-state index is 10.8. The molecule has 0 fully saturated rings. The van der Waals surface area contributed by atoms with Gasteiger partial charge in [-0.1, -0.05) is 11.6 Å². The number of thiophene rings is 1. The van der Waals surface area contributed by atoms with Gasteiger partial charge in [0.1, 0.15) is 5.82 Å². The Bertz CT molecular complexity index is 600. The fourth-order valence-electron chi connectivity index (χ4n) is 1.61. The highest BCUT2D eigenvalue weighted by molar-refractivity contribution is 7.16. The number of nitrogens with zero attached hydrogens (tertiary/aromatic N) is 2. The molecule has 0 spiro atoms. The van der Waals surface area contributed by atoms with Crippen LogP contribution in [0.2, 0.25) is 4.34 Å². The predicted molar refractivity (Wildman–Crippen MR) is 77.2 cm³/mol. The molecule has 0 radical (unpaired) electrons. The monoisotopic (exact) mass is 297 g/mol. The Labute approximate surface area is 119 Å². The van der Waals surface area contributed by atoms with Crippen LogP contribution in [0.3, 0.4) is 0 Å². The lowest BCUT2D eigenvalue weighted by atomic mass is 10.2. The lowest BCUT2D eigenvalue weighted by molar-refractivity contribution is -0.385. The van der Waals surface area contributed by atoms with Crippen molar-refractivity contribution in [1.82, 2.24) is 4.98 Å². The third-order valence-electron chi connectivity index (χ3n) is 2.58. The van der Waals surface area contributed by atoms with Crippen LogP contribution in [0.5, 0.6) is 0 Å². The largest absolute Gasteiger partial charge is 0.370 e. The molecule has 0 aliphatic rings. The summed E-state index contributed by atoms with van der Waals surface area (Å²) in [6.45, 7) is 2.33. The topological polar surface area (TPSA) is 68.1 Å². The van der Waals surface area contributed by atoms with E-state index in [-0.39, 0.29) is 5.69 Å². The molecular formula is C12H12ClN3O2S. The van der Waals surface area contributed by atoms with Crippen LogP contribution in [0.4, 0.5) is 11.5 Å². The van der Waals surface area contributed by atoms with Crippen molar-refractivity contribution in [1.29, 1.82) is 0 Å². The molecule has 0 saturated heterocycles. The zero-order valence-electron chi connectivity index (χ0n) is 10.2. The Kier molecular flexibility index (Phi) is 4.34. The fraction of sp³-hybridized carbons (Fsp3) is 0.250. The molecule has 5 nitrogen and oxygen atoms in total. The first-order valence-electron chi connectivity index (χ1n) is 5.65. The molecule has 2 aromatic heterocycles. The van der Waals surface area contributed by atoms with Gasteiger partial charge < -0.3 is 5.32 Å². The normalized spacial score (nSPS) is 10.4. The van der Waals surface area contributed by atoms with Crippen LogP contribution in [0.15, 0.2) is 24.4 Å². The van der Waals surface area contributed by atoms with Gasteiger partial charge in [0.15, 0.2) is 0 Å². The third-order valence-corrected chi connectivity index (χ3v) is 3.87. The number of anilines is 1. The zero-order valence-corrected chi connectivity index (χ0v) is 11.8. The number of nitro groups is 1. The molecule has 0 aromatic carbocycles. The molecule has 2 rings (SSSR count). The summed E-state index contributed by atoms with van der Waals surface area (Å²) in [7, 11) is 0. The van der Waals surface area contributed by atoms with E-state index in [0.29, 0.717) is 17.9 Å². The summed E-state index contributed by atoms with van der Waals surface area (Å²) >= 11 is 7.37. The third kappa shape index (κ3) is 3.65. The van der Waals surface area contributed by atoms with Crippen molar-refractivity contribution in [2.45, 2.75) is 13.3 Å². The molecule has 2 heterocycles. The average Bonchev–Trinajstić information content (AvgIpc) is 2.77. The van der Waals surface area contributed by atoms with Gasteiger partial charge in [0.25, 0.3) is 5.69 Å². The number of halogens is 1. The predicted octanol–water partition coefficient (Wildman–Crippen LogP) is 3.67. The smallest absolute Gasteiger partial charge is 0.277 e. The van der Waals surface area contributed by atoms with Gasteiger partial charge in [0.05, 0.1) is 15.3 Å². The van der Waals surface area contributed by atoms with E-state index in [9.17, 15) is 10.1 Å². The average molecular weight is 298 g/mol. The summed E-state index contributed by atoms with van der Waals surface area (Å²) in [5.41, 5.74) is 0.636. The zero-order chi connectivity index (χ0) is 13.8. The molecule has 0 unspecified atom stereocenters. The lowest BCUT2D eigenvalue weighted by Gasteiger charge is -2.05. The van der Waals surface area contributed by atoms with Crippen molar-refractivity contribution in [2.75, 3.05) is 11.9 Å². The summed E-state index contributed by atoms with van der Waals surface area (Å²) < 4.78 is 0.763. The first kappa shape index (κ1) is 13.8. The van der Waals surface area contributed by atoms with Crippen LogP contribution < -0.4 is 5.32 Å². The maximum atomic E-state index is 10.8. The van der Waals surface area contributed by atoms with Gasteiger partial charge in [0.2, 0.25) is 0 Å². The Hall–Kier alpha value is -1.66. The first-order chi connectivity index (χ1) is 9.06. The molecular weight excluding hydrogens is 286 g/mol. The minimum absolute atomic E-state index is 0.0802. The van der Waals surface area contributed by atoms with Gasteiger partial charge in [-0.3, -0.25) is 10.1 Å². The number of hydrogen-bond donors (Lipinski definition) is 1. The molecule has 0 aliphatic carbocycles. The van der Waals surface area contributed by atoms with E-state index >= 15 is 0 Å². The van der Waals surface area contributed by atoms with Gasteiger partial charge in [-0.2, -0.15) is 0 Å². The fourth-order valence-corrected chi connectivity index (χ4v) is 2.69. The van der Waals surface area contributed by atoms with Gasteiger partial charge in [0, 0.05) is 23.2 Å². The molecule has 0 atom stereocenters. The van der Waals surface area contributed by atoms with Gasteiger partial charge in [-0.15, -0.1) is 11.3 Å². The van der Waals surface area contributed by atoms with Gasteiger partial charge in [-0.05, 0) is 25.5 Å². The quantitative estimate of drug-likeness (QED) is 0.675. The maximum Gasteiger partial charge on any atom is 0.277 e. The van der Waals surface area contributed by atoms with E-state index in [1.165, 1.54) is 28.5 Å². The molecule has 2 aromatic rings. The Morgan fingerprint density at radius 2 is 2.32 bits per heavy atom. The second-order valence-electron chi connectivity index (χ2n) is 4.00. The highest BCUT2D eigenvalue weighted by atomic mass is 35.5. The molecule has 0 aliphatic heterocycles. The minimum atomic E-state index is -0.402. The van der Waals surface area contributed by atoms with Crippen molar-refractivity contribution in [3.63, 3.8) is 0 Å². The molecule has 100 valence electrons. The minimum Gasteiger partial charge on any atom is -0.370 e. The van der Waals surface area contributed by atoms with Crippen LogP contribution in [0, 0.1) is 17.0 Å². The Balaban J connectivity index is 1.96. The lowest BCUT2D eigenvalue weighted by Crippen LogP contribution is -2.06. The van der Waals surface area contributed by atoms with Crippen LogP contribution in [-0.4, -0.2) is 16.5 Å². The van der Waals surface area contributed by atoms with E-state index in [4.69, 9.17) is 11.6 Å². The number of nitrogens with one attached hydrogen (secondary N) is 1. The van der Waals surface area contributed by atoms with Crippen LogP contribution in [0.25, 0.3) is 0 Å². The van der Waals surface area contributed by atoms with E-state index in [1.54, 1.807) is 6.92 Å². The van der Waals surface area contributed by atoms with E-state index in [0.717, 1.165) is 10.8 Å². The number of pyridine rings is 1. The van der Waals surface area contributed by atoms with Crippen molar-refractivity contribution >= 4 is 34.4 Å². The number of aromatic nitrogens is 1. The number of aryl methyl sites for hydroxylation is 1. The van der Waals surface area contributed by atoms with Gasteiger partial charge >= 0.3 is 0 Å². The van der Waals surface area contributed by atoms with Crippen LogP contribution in [0.1, 0.15) is 10.4 Å². The summed E-state index contributed by atoms with van der Waals surface area (Å²) in [4.78, 5) is 15.7. The second-order valence-corrected chi connectivity index (χ2v) is 5.80. The highest BCUT2D eigenvalue weighted by Gasteiger charge is 2.11. The molecule has 7 heteroatoms. The summed E-state index contributed by atoms with van der Waals surface area (Å²) in [6.07, 6.45) is 2.31.